The molecule has 0 unspecified atom stereocenters. The molecule has 3 aliphatic rings. The molecule has 7 nitrogen and oxygen atoms in total. The number of carboxylic acid groups (broad SMARTS) is 1. The van der Waals surface area contributed by atoms with Crippen LogP contribution in [0.1, 0.15) is 71.3 Å². The highest BCUT2D eigenvalue weighted by atomic mass is 16.5. The van der Waals surface area contributed by atoms with E-state index in [-0.39, 0.29) is 53.8 Å². The van der Waals surface area contributed by atoms with Gasteiger partial charge in [-0.3, -0.25) is 19.3 Å². The summed E-state index contributed by atoms with van der Waals surface area (Å²) in [6.45, 7) is 7.28. The van der Waals surface area contributed by atoms with Crippen molar-refractivity contribution in [1.29, 1.82) is 0 Å². The first-order chi connectivity index (χ1) is 19.7. The van der Waals surface area contributed by atoms with Crippen molar-refractivity contribution in [3.05, 3.63) is 58.7 Å². The van der Waals surface area contributed by atoms with Crippen molar-refractivity contribution in [2.75, 3.05) is 13.2 Å². The van der Waals surface area contributed by atoms with Gasteiger partial charge in [-0.25, -0.2) is 0 Å². The first-order valence-corrected chi connectivity index (χ1v) is 15.0. The lowest BCUT2D eigenvalue weighted by Crippen LogP contribution is -2.35. The van der Waals surface area contributed by atoms with Gasteiger partial charge in [0, 0.05) is 24.3 Å². The second-order valence-corrected chi connectivity index (χ2v) is 12.2. The Hall–Kier alpha value is -3.45. The van der Waals surface area contributed by atoms with Crippen LogP contribution in [0, 0.1) is 23.7 Å². The molecule has 2 aromatic carbocycles. The number of nitrogens with zero attached hydrogens (tertiary/aromatic N) is 1. The molecular formula is C34H41NO6. The number of phenols is 1. The Labute approximate surface area is 241 Å². The quantitative estimate of drug-likeness (QED) is 0.189. The molecule has 2 fully saturated rings. The van der Waals surface area contributed by atoms with E-state index in [1.54, 1.807) is 6.07 Å². The number of ether oxygens (including phenoxy) is 1. The Morgan fingerprint density at radius 3 is 2.51 bits per heavy atom. The van der Waals surface area contributed by atoms with Crippen LogP contribution in [0.3, 0.4) is 0 Å². The standard InChI is InChI=1S/C34H41NO6/c1-20(2)25-18-26-32(34(40)35(33(26)39)16-8-4-5-11-30(37)38)27-19-41-29(31(25)27)15-12-21(3)17-22-13-14-28(36)24-10-7-6-9-23(22)24/h6-7,9-10,13-14,17,20,26-27,29,32,36H,4-5,8,11-12,15-16,18-19H2,1-3H3,(H,37,38)/b21-17+/t26-,27+,29-,32-/m1/s1. The third kappa shape index (κ3) is 5.82. The van der Waals surface area contributed by atoms with Crippen LogP contribution in [0.25, 0.3) is 16.8 Å². The Morgan fingerprint density at radius 1 is 1.02 bits per heavy atom. The molecule has 7 heteroatoms. The van der Waals surface area contributed by atoms with Crippen LogP contribution in [0.2, 0.25) is 0 Å². The number of aromatic hydroxyl groups is 1. The number of likely N-dealkylation sites (tertiary alicyclic amines) is 1. The number of aliphatic carboxylic acids is 1. The van der Waals surface area contributed by atoms with Crippen molar-refractivity contribution < 1.29 is 29.3 Å². The monoisotopic (exact) mass is 559 g/mol. The molecule has 4 atom stereocenters. The second kappa shape index (κ2) is 12.2. The maximum absolute atomic E-state index is 13.6. The third-order valence-corrected chi connectivity index (χ3v) is 9.14. The molecule has 2 amide bonds. The van der Waals surface area contributed by atoms with Gasteiger partial charge in [0.1, 0.15) is 5.75 Å². The number of fused-ring (bicyclic) bond motifs is 4. The summed E-state index contributed by atoms with van der Waals surface area (Å²) < 4.78 is 6.37. The molecule has 2 aromatic rings. The number of allylic oxidation sites excluding steroid dienone is 2. The van der Waals surface area contributed by atoms with E-state index in [2.05, 4.69) is 26.8 Å². The van der Waals surface area contributed by atoms with Crippen LogP contribution in [-0.4, -0.2) is 52.2 Å². The topological polar surface area (TPSA) is 104 Å². The summed E-state index contributed by atoms with van der Waals surface area (Å²) >= 11 is 0. The summed E-state index contributed by atoms with van der Waals surface area (Å²) in [6.07, 6.45) is 6.35. The number of hydrogen-bond donors (Lipinski definition) is 2. The smallest absolute Gasteiger partial charge is 0.303 e. The van der Waals surface area contributed by atoms with E-state index in [9.17, 15) is 19.5 Å². The molecule has 2 aliphatic heterocycles. The number of benzene rings is 2. The van der Waals surface area contributed by atoms with Crippen molar-refractivity contribution in [3.8, 4) is 5.75 Å². The van der Waals surface area contributed by atoms with Gasteiger partial charge in [-0.2, -0.15) is 0 Å². The van der Waals surface area contributed by atoms with Gasteiger partial charge in [-0.15, -0.1) is 0 Å². The number of phenolic OH excluding ortho intramolecular Hbond substituents is 1. The molecular weight excluding hydrogens is 518 g/mol. The highest BCUT2D eigenvalue weighted by Gasteiger charge is 2.56. The fraction of sp³-hybridized carbons (Fsp3) is 0.500. The van der Waals surface area contributed by atoms with Gasteiger partial charge >= 0.3 is 5.97 Å². The first kappa shape index (κ1) is 29.1. The van der Waals surface area contributed by atoms with Crippen molar-refractivity contribution in [2.24, 2.45) is 23.7 Å². The maximum Gasteiger partial charge on any atom is 0.303 e. The molecule has 2 heterocycles. The minimum atomic E-state index is -0.820. The summed E-state index contributed by atoms with van der Waals surface area (Å²) in [4.78, 5) is 39.2. The molecule has 0 saturated carbocycles. The minimum absolute atomic E-state index is 0.0602. The maximum atomic E-state index is 13.6. The van der Waals surface area contributed by atoms with Gasteiger partial charge in [0.15, 0.2) is 0 Å². The number of carbonyl (C=O) groups excluding carboxylic acids is 2. The van der Waals surface area contributed by atoms with E-state index < -0.39 is 5.97 Å². The zero-order valence-electron chi connectivity index (χ0n) is 24.3. The zero-order chi connectivity index (χ0) is 29.3. The van der Waals surface area contributed by atoms with Crippen molar-refractivity contribution in [2.45, 2.75) is 71.8 Å². The largest absolute Gasteiger partial charge is 0.507 e. The number of imide groups is 1. The molecule has 0 bridgehead atoms. The zero-order valence-corrected chi connectivity index (χ0v) is 24.3. The molecule has 0 radical (unpaired) electrons. The first-order valence-electron chi connectivity index (χ1n) is 15.0. The Bertz CT molecular complexity index is 1410. The van der Waals surface area contributed by atoms with E-state index in [1.807, 2.05) is 30.3 Å². The van der Waals surface area contributed by atoms with Crippen LogP contribution in [0.5, 0.6) is 5.75 Å². The average Bonchev–Trinajstić information content (AvgIpc) is 3.47. The normalized spacial score (nSPS) is 24.5. The Morgan fingerprint density at radius 2 is 1.78 bits per heavy atom. The van der Waals surface area contributed by atoms with Crippen LogP contribution in [0.4, 0.5) is 0 Å². The van der Waals surface area contributed by atoms with Crippen LogP contribution in [-0.2, 0) is 19.1 Å². The average molecular weight is 560 g/mol. The van der Waals surface area contributed by atoms with Crippen molar-refractivity contribution in [1.82, 2.24) is 4.90 Å². The van der Waals surface area contributed by atoms with E-state index >= 15 is 0 Å². The molecule has 0 spiro atoms. The summed E-state index contributed by atoms with van der Waals surface area (Å²) in [5, 5.41) is 21.0. The van der Waals surface area contributed by atoms with Crippen molar-refractivity contribution in [3.63, 3.8) is 0 Å². The van der Waals surface area contributed by atoms with E-state index in [1.165, 1.54) is 21.6 Å². The van der Waals surface area contributed by atoms with Gasteiger partial charge in [-0.1, -0.05) is 67.8 Å². The number of carbonyl (C=O) groups is 3. The lowest BCUT2D eigenvalue weighted by atomic mass is 9.67. The molecule has 41 heavy (non-hydrogen) atoms. The fourth-order valence-electron chi connectivity index (χ4n) is 7.10. The van der Waals surface area contributed by atoms with Gasteiger partial charge in [0.05, 0.1) is 24.5 Å². The number of unbranched alkanes of at least 4 members (excludes halogenated alkanes) is 2. The summed E-state index contributed by atoms with van der Waals surface area (Å²) in [7, 11) is 0. The van der Waals surface area contributed by atoms with Crippen LogP contribution >= 0.6 is 0 Å². The summed E-state index contributed by atoms with van der Waals surface area (Å²) in [5.74, 6) is -1.16. The van der Waals surface area contributed by atoms with Gasteiger partial charge in [-0.05, 0) is 67.5 Å². The summed E-state index contributed by atoms with van der Waals surface area (Å²) in [6, 6.07) is 11.5. The molecule has 2 saturated heterocycles. The third-order valence-electron chi connectivity index (χ3n) is 9.14. The number of hydrogen-bond acceptors (Lipinski definition) is 5. The lowest BCUT2D eigenvalue weighted by molar-refractivity contribution is -0.141. The van der Waals surface area contributed by atoms with Crippen LogP contribution in [0.15, 0.2) is 53.1 Å². The van der Waals surface area contributed by atoms with Crippen LogP contribution < -0.4 is 0 Å². The summed E-state index contributed by atoms with van der Waals surface area (Å²) in [5.41, 5.74) is 4.80. The number of carboxylic acids is 1. The number of amides is 2. The van der Waals surface area contributed by atoms with Gasteiger partial charge < -0.3 is 14.9 Å². The van der Waals surface area contributed by atoms with E-state index in [4.69, 9.17) is 9.84 Å². The van der Waals surface area contributed by atoms with Gasteiger partial charge in [0.25, 0.3) is 0 Å². The van der Waals surface area contributed by atoms with E-state index in [0.29, 0.717) is 38.8 Å². The number of rotatable bonds is 11. The highest BCUT2D eigenvalue weighted by molar-refractivity contribution is 6.06. The molecule has 218 valence electrons. The second-order valence-electron chi connectivity index (χ2n) is 12.2. The molecule has 2 N–H and O–H groups in total. The predicted octanol–water partition coefficient (Wildman–Crippen LogP) is 6.35. The highest BCUT2D eigenvalue weighted by Crippen LogP contribution is 2.51. The fourth-order valence-corrected chi connectivity index (χ4v) is 7.10. The van der Waals surface area contributed by atoms with Crippen molar-refractivity contribution >= 4 is 34.6 Å². The van der Waals surface area contributed by atoms with Gasteiger partial charge in [0.2, 0.25) is 11.8 Å². The molecule has 1 aliphatic carbocycles. The molecule has 0 aromatic heterocycles. The lowest BCUT2D eigenvalue weighted by Gasteiger charge is -2.33. The Kier molecular flexibility index (Phi) is 8.64. The predicted molar refractivity (Wildman–Crippen MR) is 158 cm³/mol. The molecule has 5 rings (SSSR count). The minimum Gasteiger partial charge on any atom is -0.507 e. The Balaban J connectivity index is 1.29. The van der Waals surface area contributed by atoms with E-state index in [0.717, 1.165) is 29.2 Å². The SMILES string of the molecule is C/C(=C\c1ccc(O)c2ccccc12)CC[C@H]1OC[C@H]2C1=C(C(C)C)C[C@H]1C(=O)N(CCCCCC(=O)O)C(=O)[C@H]12.